The third-order valence-corrected chi connectivity index (χ3v) is 4.91. The van der Waals surface area contributed by atoms with Crippen LogP contribution in [0.2, 0.25) is 0 Å². The summed E-state index contributed by atoms with van der Waals surface area (Å²) in [5.41, 5.74) is 0. The standard InChI is InChI=1S/C12H19N5O2S2/c1-9(2)13-4-5-17-8-11(7-15-17)21(18,19)16-12-14-6-10(3)20-12/h6-9,13H,4-5H2,1-3H3,(H,14,16). The smallest absolute Gasteiger partial charge is 0.266 e. The Morgan fingerprint density at radius 2 is 2.14 bits per heavy atom. The highest BCUT2D eigenvalue weighted by molar-refractivity contribution is 7.93. The zero-order chi connectivity index (χ0) is 15.5. The first-order chi connectivity index (χ1) is 9.87. The summed E-state index contributed by atoms with van der Waals surface area (Å²) in [7, 11) is -3.63. The molecule has 7 nitrogen and oxygen atoms in total. The molecule has 2 aromatic heterocycles. The minimum absolute atomic E-state index is 0.139. The molecule has 0 saturated heterocycles. The van der Waals surface area contributed by atoms with Gasteiger partial charge in [0.05, 0.1) is 12.7 Å². The fourth-order valence-corrected chi connectivity index (χ4v) is 3.51. The molecule has 2 aromatic rings. The Labute approximate surface area is 128 Å². The molecular weight excluding hydrogens is 310 g/mol. The summed E-state index contributed by atoms with van der Waals surface area (Å²) in [6.07, 6.45) is 4.49. The number of hydrogen-bond acceptors (Lipinski definition) is 6. The molecule has 2 rings (SSSR count). The van der Waals surface area contributed by atoms with E-state index in [0.29, 0.717) is 17.7 Å². The average Bonchev–Trinajstić information content (AvgIpc) is 2.98. The summed E-state index contributed by atoms with van der Waals surface area (Å²) in [6, 6.07) is 0.388. The lowest BCUT2D eigenvalue weighted by atomic mass is 10.4. The third kappa shape index (κ3) is 4.51. The van der Waals surface area contributed by atoms with E-state index in [0.717, 1.165) is 11.4 Å². The van der Waals surface area contributed by atoms with E-state index in [-0.39, 0.29) is 4.90 Å². The first-order valence-corrected chi connectivity index (χ1v) is 8.88. The predicted molar refractivity (Wildman–Crippen MR) is 83.0 cm³/mol. The number of aromatic nitrogens is 3. The van der Waals surface area contributed by atoms with Gasteiger partial charge in [-0.05, 0) is 6.92 Å². The fraction of sp³-hybridized carbons (Fsp3) is 0.500. The molecule has 9 heteroatoms. The van der Waals surface area contributed by atoms with E-state index in [4.69, 9.17) is 0 Å². The van der Waals surface area contributed by atoms with Crippen molar-refractivity contribution >= 4 is 26.5 Å². The largest absolute Gasteiger partial charge is 0.313 e. The zero-order valence-electron chi connectivity index (χ0n) is 12.2. The van der Waals surface area contributed by atoms with E-state index in [1.165, 1.54) is 23.7 Å². The number of nitrogens with zero attached hydrogens (tertiary/aromatic N) is 3. The second-order valence-corrected chi connectivity index (χ2v) is 7.85. The van der Waals surface area contributed by atoms with Crippen LogP contribution in [0.15, 0.2) is 23.5 Å². The van der Waals surface area contributed by atoms with Crippen LogP contribution in [0.5, 0.6) is 0 Å². The maximum Gasteiger partial charge on any atom is 0.266 e. The summed E-state index contributed by atoms with van der Waals surface area (Å²) < 4.78 is 28.4. The second-order valence-electron chi connectivity index (χ2n) is 4.93. The van der Waals surface area contributed by atoms with E-state index in [1.807, 2.05) is 6.92 Å². The normalized spacial score (nSPS) is 12.0. The molecule has 0 radical (unpaired) electrons. The van der Waals surface area contributed by atoms with Crippen LogP contribution in [0.4, 0.5) is 5.13 Å². The SMILES string of the molecule is Cc1cnc(NS(=O)(=O)c2cnn(CCNC(C)C)c2)s1. The molecule has 0 amide bonds. The van der Waals surface area contributed by atoms with E-state index < -0.39 is 10.0 Å². The van der Waals surface area contributed by atoms with Gasteiger partial charge in [-0.1, -0.05) is 13.8 Å². The number of anilines is 1. The van der Waals surface area contributed by atoms with Crippen LogP contribution in [0.25, 0.3) is 0 Å². The summed E-state index contributed by atoms with van der Waals surface area (Å²) in [6.45, 7) is 7.33. The lowest BCUT2D eigenvalue weighted by molar-refractivity contribution is 0.515. The maximum absolute atomic E-state index is 12.2. The van der Waals surface area contributed by atoms with Crippen LogP contribution < -0.4 is 10.0 Å². The van der Waals surface area contributed by atoms with Crippen molar-refractivity contribution in [1.82, 2.24) is 20.1 Å². The number of sulfonamides is 1. The van der Waals surface area contributed by atoms with Crippen LogP contribution in [0, 0.1) is 6.92 Å². The summed E-state index contributed by atoms with van der Waals surface area (Å²) in [5.74, 6) is 0. The van der Waals surface area contributed by atoms with Crippen LogP contribution in [0.1, 0.15) is 18.7 Å². The summed E-state index contributed by atoms with van der Waals surface area (Å²) in [4.78, 5) is 5.08. The Morgan fingerprint density at radius 1 is 1.38 bits per heavy atom. The molecule has 0 aliphatic heterocycles. The molecule has 116 valence electrons. The number of hydrogen-bond donors (Lipinski definition) is 2. The van der Waals surface area contributed by atoms with Crippen molar-refractivity contribution in [3.05, 3.63) is 23.5 Å². The molecule has 0 unspecified atom stereocenters. The van der Waals surface area contributed by atoms with Gasteiger partial charge in [0.25, 0.3) is 10.0 Å². The highest BCUT2D eigenvalue weighted by Crippen LogP contribution is 2.20. The molecule has 0 aliphatic rings. The molecule has 2 heterocycles. The van der Waals surface area contributed by atoms with Gasteiger partial charge in [-0.25, -0.2) is 13.4 Å². The van der Waals surface area contributed by atoms with E-state index >= 15 is 0 Å². The van der Waals surface area contributed by atoms with Gasteiger partial charge in [-0.3, -0.25) is 9.40 Å². The van der Waals surface area contributed by atoms with Crippen molar-refractivity contribution in [3.63, 3.8) is 0 Å². The quantitative estimate of drug-likeness (QED) is 0.802. The highest BCUT2D eigenvalue weighted by atomic mass is 32.2. The molecule has 0 spiro atoms. The van der Waals surface area contributed by atoms with E-state index in [1.54, 1.807) is 10.9 Å². The summed E-state index contributed by atoms with van der Waals surface area (Å²) in [5, 5.41) is 7.68. The maximum atomic E-state index is 12.2. The monoisotopic (exact) mass is 329 g/mol. The molecule has 0 fully saturated rings. The number of nitrogens with one attached hydrogen (secondary N) is 2. The van der Waals surface area contributed by atoms with Crippen molar-refractivity contribution in [2.75, 3.05) is 11.3 Å². The molecule has 0 saturated carbocycles. The molecular formula is C12H19N5O2S2. The first kappa shape index (κ1) is 15.9. The van der Waals surface area contributed by atoms with Gasteiger partial charge < -0.3 is 5.32 Å². The van der Waals surface area contributed by atoms with Crippen LogP contribution >= 0.6 is 11.3 Å². The Kier molecular flexibility index (Phi) is 4.96. The average molecular weight is 329 g/mol. The third-order valence-electron chi connectivity index (χ3n) is 2.66. The Balaban J connectivity index is 2.02. The Morgan fingerprint density at radius 3 is 2.76 bits per heavy atom. The molecule has 0 aromatic carbocycles. The number of aryl methyl sites for hydroxylation is 1. The Hall–Kier alpha value is -1.45. The van der Waals surface area contributed by atoms with Gasteiger partial charge >= 0.3 is 0 Å². The number of rotatable bonds is 7. The van der Waals surface area contributed by atoms with E-state index in [9.17, 15) is 8.42 Å². The number of thiazole rings is 1. The van der Waals surface area contributed by atoms with Crippen molar-refractivity contribution < 1.29 is 8.42 Å². The minimum atomic E-state index is -3.63. The van der Waals surface area contributed by atoms with Crippen LogP contribution in [-0.2, 0) is 16.6 Å². The van der Waals surface area contributed by atoms with Gasteiger partial charge in [-0.2, -0.15) is 5.10 Å². The second kappa shape index (κ2) is 6.54. The van der Waals surface area contributed by atoms with Crippen molar-refractivity contribution in [2.24, 2.45) is 0 Å². The van der Waals surface area contributed by atoms with Crippen molar-refractivity contribution in [2.45, 2.75) is 38.3 Å². The first-order valence-electron chi connectivity index (χ1n) is 6.58. The van der Waals surface area contributed by atoms with Crippen LogP contribution in [0.3, 0.4) is 0 Å². The van der Waals surface area contributed by atoms with Gasteiger partial charge in [-0.15, -0.1) is 11.3 Å². The molecule has 21 heavy (non-hydrogen) atoms. The van der Waals surface area contributed by atoms with Gasteiger partial charge in [0, 0.05) is 29.9 Å². The zero-order valence-corrected chi connectivity index (χ0v) is 13.8. The fourth-order valence-electron chi connectivity index (χ4n) is 1.65. The topological polar surface area (TPSA) is 88.9 Å². The molecule has 0 bridgehead atoms. The Bertz CT molecular complexity index is 690. The van der Waals surface area contributed by atoms with Gasteiger partial charge in [0.15, 0.2) is 5.13 Å². The van der Waals surface area contributed by atoms with Crippen molar-refractivity contribution in [1.29, 1.82) is 0 Å². The van der Waals surface area contributed by atoms with Crippen LogP contribution in [-0.4, -0.2) is 35.8 Å². The molecule has 0 aliphatic carbocycles. The lowest BCUT2D eigenvalue weighted by Gasteiger charge is -2.07. The molecule has 0 atom stereocenters. The predicted octanol–water partition coefficient (Wildman–Crippen LogP) is 1.45. The molecule has 2 N–H and O–H groups in total. The lowest BCUT2D eigenvalue weighted by Crippen LogP contribution is -2.26. The van der Waals surface area contributed by atoms with E-state index in [2.05, 4.69) is 34.0 Å². The van der Waals surface area contributed by atoms with Gasteiger partial charge in [0.1, 0.15) is 4.90 Å². The minimum Gasteiger partial charge on any atom is -0.313 e. The van der Waals surface area contributed by atoms with Crippen molar-refractivity contribution in [3.8, 4) is 0 Å². The highest BCUT2D eigenvalue weighted by Gasteiger charge is 2.18. The summed E-state index contributed by atoms with van der Waals surface area (Å²) >= 11 is 1.29. The van der Waals surface area contributed by atoms with Gasteiger partial charge in [0.2, 0.25) is 0 Å².